The normalized spacial score (nSPS) is 12.5. The van der Waals surface area contributed by atoms with Crippen molar-refractivity contribution >= 4 is 31.2 Å². The van der Waals surface area contributed by atoms with Gasteiger partial charge in [0.05, 0.1) is 19.6 Å². The van der Waals surface area contributed by atoms with Crippen LogP contribution in [0.5, 0.6) is 0 Å². The molecule has 0 amide bonds. The van der Waals surface area contributed by atoms with Crippen molar-refractivity contribution in [2.45, 2.75) is 38.8 Å². The molecule has 23 heavy (non-hydrogen) atoms. The molecule has 1 atom stereocenters. The standard InChI is InChI=1S/C15H22Cl2NO4P/c1-3-21-15(22-4-2,23(19)20)8-5-9-18-11-12-6-7-13(16)10-14(12)17/h6-7,10,18H,3-5,8-9,11H2,1-2H3/p+1. The zero-order valence-electron chi connectivity index (χ0n) is 13.3. The third kappa shape index (κ3) is 6.63. The Hall–Kier alpha value is -0.260. The van der Waals surface area contributed by atoms with Crippen LogP contribution in [0.3, 0.4) is 0 Å². The molecule has 0 fully saturated rings. The monoisotopic (exact) mass is 382 g/mol. The fraction of sp³-hybridized carbons (Fsp3) is 0.600. The van der Waals surface area contributed by atoms with E-state index in [2.05, 4.69) is 5.32 Å². The van der Waals surface area contributed by atoms with Gasteiger partial charge in [0.15, 0.2) is 0 Å². The van der Waals surface area contributed by atoms with Crippen LogP contribution in [0.4, 0.5) is 0 Å². The molecule has 0 aliphatic carbocycles. The second kappa shape index (κ2) is 10.6. The average molecular weight is 383 g/mol. The molecule has 0 heterocycles. The van der Waals surface area contributed by atoms with Crippen LogP contribution in [0.15, 0.2) is 18.2 Å². The van der Waals surface area contributed by atoms with Crippen LogP contribution in [0, 0.1) is 0 Å². The summed E-state index contributed by atoms with van der Waals surface area (Å²) in [6.45, 7) is 5.41. The Kier molecular flexibility index (Phi) is 9.55. The first kappa shape index (κ1) is 20.8. The Labute approximate surface area is 148 Å². The summed E-state index contributed by atoms with van der Waals surface area (Å²) in [6, 6.07) is 5.36. The highest BCUT2D eigenvalue weighted by Crippen LogP contribution is 2.41. The third-order valence-corrected chi connectivity index (χ3v) is 4.86. The van der Waals surface area contributed by atoms with Crippen LogP contribution in [0.1, 0.15) is 32.3 Å². The van der Waals surface area contributed by atoms with Crippen LogP contribution in [0.25, 0.3) is 0 Å². The van der Waals surface area contributed by atoms with Crippen LogP contribution in [0.2, 0.25) is 10.0 Å². The van der Waals surface area contributed by atoms with E-state index >= 15 is 0 Å². The summed E-state index contributed by atoms with van der Waals surface area (Å²) in [5, 5.41) is 4.46. The molecule has 0 aliphatic rings. The van der Waals surface area contributed by atoms with Gasteiger partial charge in [0.1, 0.15) is 0 Å². The minimum Gasteiger partial charge on any atom is -0.313 e. The van der Waals surface area contributed by atoms with Crippen molar-refractivity contribution in [3.8, 4) is 0 Å². The minimum absolute atomic E-state index is 0.315. The van der Waals surface area contributed by atoms with E-state index in [4.69, 9.17) is 32.7 Å². The van der Waals surface area contributed by atoms with Crippen LogP contribution < -0.4 is 5.32 Å². The molecular formula is C15H23Cl2NO4P+. The van der Waals surface area contributed by atoms with Gasteiger partial charge in [-0.25, -0.2) is 0 Å². The Morgan fingerprint density at radius 3 is 2.43 bits per heavy atom. The van der Waals surface area contributed by atoms with Gasteiger partial charge in [0.25, 0.3) is 0 Å². The molecule has 0 bridgehead atoms. The molecule has 1 aromatic carbocycles. The molecular weight excluding hydrogens is 360 g/mol. The number of hydrogen-bond acceptors (Lipinski definition) is 4. The Morgan fingerprint density at radius 1 is 1.26 bits per heavy atom. The van der Waals surface area contributed by atoms with Crippen LogP contribution in [-0.4, -0.2) is 30.2 Å². The lowest BCUT2D eigenvalue weighted by Crippen LogP contribution is -2.33. The summed E-state index contributed by atoms with van der Waals surface area (Å²) < 4.78 is 22.4. The number of ether oxygens (including phenoxy) is 2. The van der Waals surface area contributed by atoms with Gasteiger partial charge in [-0.05, 0) is 49.1 Å². The summed E-state index contributed by atoms with van der Waals surface area (Å²) in [6.07, 6.45) is 0.967. The molecule has 1 aromatic rings. The Balaban J connectivity index is 2.46. The first-order valence-corrected chi connectivity index (χ1v) is 9.50. The van der Waals surface area contributed by atoms with Gasteiger partial charge in [-0.1, -0.05) is 29.3 Å². The van der Waals surface area contributed by atoms with Crippen molar-refractivity contribution in [3.63, 3.8) is 0 Å². The number of benzene rings is 1. The van der Waals surface area contributed by atoms with Crippen molar-refractivity contribution in [2.24, 2.45) is 0 Å². The van der Waals surface area contributed by atoms with E-state index in [1.807, 2.05) is 6.07 Å². The van der Waals surface area contributed by atoms with Crippen molar-refractivity contribution in [2.75, 3.05) is 19.8 Å². The van der Waals surface area contributed by atoms with Gasteiger partial charge in [0, 0.05) is 16.6 Å². The largest absolute Gasteiger partial charge is 0.573 e. The van der Waals surface area contributed by atoms with Gasteiger partial charge in [-0.3, -0.25) is 0 Å². The van der Waals surface area contributed by atoms with Gasteiger partial charge < -0.3 is 14.8 Å². The second-order valence-electron chi connectivity index (χ2n) is 4.87. The van der Waals surface area contributed by atoms with Gasteiger partial charge in [-0.2, -0.15) is 4.89 Å². The summed E-state index contributed by atoms with van der Waals surface area (Å²) >= 11 is 12.0. The van der Waals surface area contributed by atoms with E-state index in [-0.39, 0.29) is 0 Å². The minimum atomic E-state index is -2.59. The quantitative estimate of drug-likeness (QED) is 0.338. The SMILES string of the molecule is CCOC(CCCNCc1ccc(Cl)cc1Cl)(OCC)[P+](=O)O. The Morgan fingerprint density at radius 2 is 1.91 bits per heavy atom. The highest BCUT2D eigenvalue weighted by atomic mass is 35.5. The van der Waals surface area contributed by atoms with Gasteiger partial charge in [0.2, 0.25) is 0 Å². The third-order valence-electron chi connectivity index (χ3n) is 3.21. The molecule has 0 aliphatic heterocycles. The molecule has 0 spiro atoms. The Bertz CT molecular complexity index is 510. The lowest BCUT2D eigenvalue weighted by atomic mass is 10.2. The zero-order chi connectivity index (χ0) is 17.3. The van der Waals surface area contributed by atoms with Crippen LogP contribution >= 0.6 is 31.2 Å². The predicted molar refractivity (Wildman–Crippen MR) is 93.2 cm³/mol. The van der Waals surface area contributed by atoms with E-state index in [9.17, 15) is 9.46 Å². The first-order chi connectivity index (χ1) is 10.9. The fourth-order valence-corrected chi connectivity index (χ4v) is 3.47. The topological polar surface area (TPSA) is 67.8 Å². The molecule has 2 N–H and O–H groups in total. The second-order valence-corrected chi connectivity index (χ2v) is 6.94. The number of nitrogens with one attached hydrogen (secondary N) is 1. The lowest BCUT2D eigenvalue weighted by Gasteiger charge is -2.20. The average Bonchev–Trinajstić information content (AvgIpc) is 2.49. The fourth-order valence-electron chi connectivity index (χ4n) is 2.17. The molecule has 8 heteroatoms. The van der Waals surface area contributed by atoms with E-state index in [0.717, 1.165) is 5.56 Å². The van der Waals surface area contributed by atoms with E-state index in [1.54, 1.807) is 26.0 Å². The van der Waals surface area contributed by atoms with Gasteiger partial charge >= 0.3 is 13.6 Å². The molecule has 130 valence electrons. The smallest absolute Gasteiger partial charge is 0.313 e. The summed E-state index contributed by atoms with van der Waals surface area (Å²) in [5.74, 6) is 0. The van der Waals surface area contributed by atoms with Crippen molar-refractivity contribution in [1.29, 1.82) is 0 Å². The highest BCUT2D eigenvalue weighted by molar-refractivity contribution is 7.39. The molecule has 0 radical (unpaired) electrons. The molecule has 0 saturated heterocycles. The van der Waals surface area contributed by atoms with Crippen molar-refractivity contribution in [1.82, 2.24) is 5.32 Å². The zero-order valence-corrected chi connectivity index (χ0v) is 15.8. The van der Waals surface area contributed by atoms with E-state index in [0.29, 0.717) is 49.2 Å². The van der Waals surface area contributed by atoms with Crippen LogP contribution in [-0.2, 0) is 20.6 Å². The lowest BCUT2D eigenvalue weighted by molar-refractivity contribution is -0.180. The number of rotatable bonds is 11. The van der Waals surface area contributed by atoms with E-state index in [1.165, 1.54) is 0 Å². The summed E-state index contributed by atoms with van der Waals surface area (Å²) in [4.78, 5) is 9.53. The number of halogens is 2. The molecule has 0 aromatic heterocycles. The van der Waals surface area contributed by atoms with Crippen molar-refractivity contribution in [3.05, 3.63) is 33.8 Å². The first-order valence-electron chi connectivity index (χ1n) is 7.54. The van der Waals surface area contributed by atoms with Gasteiger partial charge in [-0.15, -0.1) is 0 Å². The highest BCUT2D eigenvalue weighted by Gasteiger charge is 2.51. The maximum absolute atomic E-state index is 11.6. The van der Waals surface area contributed by atoms with E-state index < -0.39 is 13.6 Å². The molecule has 5 nitrogen and oxygen atoms in total. The molecule has 0 saturated carbocycles. The number of hydrogen-bond donors (Lipinski definition) is 2. The summed E-state index contributed by atoms with van der Waals surface area (Å²) in [7, 11) is -2.59. The molecule has 1 rings (SSSR count). The molecule has 1 unspecified atom stereocenters. The maximum Gasteiger partial charge on any atom is 0.573 e. The van der Waals surface area contributed by atoms with Crippen molar-refractivity contribution < 1.29 is 18.9 Å². The maximum atomic E-state index is 11.6. The summed E-state index contributed by atoms with van der Waals surface area (Å²) in [5.41, 5.74) is -0.469. The predicted octanol–water partition coefficient (Wildman–Crippen LogP) is 4.32.